The third-order valence-corrected chi connectivity index (χ3v) is 3.30. The molecule has 1 aliphatic heterocycles. The number of hydrogen-bond donors (Lipinski definition) is 2. The normalized spacial score (nSPS) is 22.3. The number of piperazine rings is 1. The van der Waals surface area contributed by atoms with E-state index in [1.807, 2.05) is 6.26 Å². The Kier molecular flexibility index (Phi) is 4.95. The molecule has 7 heteroatoms. The van der Waals surface area contributed by atoms with E-state index in [4.69, 9.17) is 5.73 Å². The van der Waals surface area contributed by atoms with Crippen LogP contribution in [0.4, 0.5) is 0 Å². The Labute approximate surface area is 104 Å². The van der Waals surface area contributed by atoms with Crippen molar-refractivity contribution in [2.75, 3.05) is 18.6 Å². The summed E-state index contributed by atoms with van der Waals surface area (Å²) < 4.78 is 0. The quantitative estimate of drug-likeness (QED) is 0.628. The van der Waals surface area contributed by atoms with Crippen molar-refractivity contribution >= 4 is 29.5 Å². The van der Waals surface area contributed by atoms with E-state index in [-0.39, 0.29) is 12.5 Å². The molecule has 6 nitrogen and oxygen atoms in total. The Morgan fingerprint density at radius 1 is 1.65 bits per heavy atom. The minimum absolute atomic E-state index is 0.0985. The lowest BCUT2D eigenvalue weighted by Crippen LogP contribution is -2.61. The molecule has 0 aromatic heterocycles. The van der Waals surface area contributed by atoms with Gasteiger partial charge in [0.25, 0.3) is 0 Å². The molecule has 2 atom stereocenters. The van der Waals surface area contributed by atoms with Crippen LogP contribution in [-0.4, -0.2) is 53.3 Å². The summed E-state index contributed by atoms with van der Waals surface area (Å²) in [6, 6.07) is -1.29. The summed E-state index contributed by atoms with van der Waals surface area (Å²) >= 11 is 1.60. The van der Waals surface area contributed by atoms with E-state index in [1.54, 1.807) is 18.7 Å². The van der Waals surface area contributed by atoms with Crippen LogP contribution in [0.3, 0.4) is 0 Å². The number of carbonyl (C=O) groups is 3. The first-order valence-corrected chi connectivity index (χ1v) is 6.75. The molecule has 3 N–H and O–H groups in total. The third kappa shape index (κ3) is 3.44. The molecule has 0 aromatic rings. The summed E-state index contributed by atoms with van der Waals surface area (Å²) in [5.41, 5.74) is 5.74. The van der Waals surface area contributed by atoms with Crippen molar-refractivity contribution in [3.05, 3.63) is 0 Å². The molecule has 1 unspecified atom stereocenters. The molecule has 1 aliphatic rings. The molecule has 17 heavy (non-hydrogen) atoms. The van der Waals surface area contributed by atoms with Gasteiger partial charge in [-0.25, -0.2) is 0 Å². The molecule has 0 aliphatic carbocycles. The molecule has 1 heterocycles. The Morgan fingerprint density at radius 2 is 2.29 bits per heavy atom. The SMILES string of the molecule is CSCC[C@@H](N)C(=O)N1CC(=O)NC(=O)C1C. The zero-order chi connectivity index (χ0) is 13.0. The van der Waals surface area contributed by atoms with Gasteiger partial charge in [0.2, 0.25) is 17.7 Å². The standard InChI is InChI=1S/C10H17N3O3S/c1-6-9(15)12-8(14)5-13(6)10(16)7(11)3-4-17-2/h6-7H,3-5,11H2,1-2H3,(H,12,14,15)/t6?,7-/m1/s1. The molecule has 0 saturated carbocycles. The minimum Gasteiger partial charge on any atom is -0.320 e. The fourth-order valence-corrected chi connectivity index (χ4v) is 2.05. The monoisotopic (exact) mass is 259 g/mol. The second kappa shape index (κ2) is 6.02. The number of nitrogens with two attached hydrogens (primary N) is 1. The van der Waals surface area contributed by atoms with Crippen molar-refractivity contribution in [3.8, 4) is 0 Å². The van der Waals surface area contributed by atoms with E-state index in [1.165, 1.54) is 4.90 Å². The summed E-state index contributed by atoms with van der Waals surface area (Å²) in [7, 11) is 0. The molecule has 1 rings (SSSR count). The molecule has 96 valence electrons. The van der Waals surface area contributed by atoms with Crippen LogP contribution in [0.25, 0.3) is 0 Å². The largest absolute Gasteiger partial charge is 0.320 e. The zero-order valence-electron chi connectivity index (χ0n) is 9.93. The van der Waals surface area contributed by atoms with E-state index in [2.05, 4.69) is 5.32 Å². The van der Waals surface area contributed by atoms with Crippen molar-refractivity contribution in [2.24, 2.45) is 5.73 Å². The summed E-state index contributed by atoms with van der Waals surface area (Å²) in [5, 5.41) is 2.18. The highest BCUT2D eigenvalue weighted by atomic mass is 32.2. The predicted molar refractivity (Wildman–Crippen MR) is 65.3 cm³/mol. The van der Waals surface area contributed by atoms with Crippen LogP contribution in [0, 0.1) is 0 Å². The lowest BCUT2D eigenvalue weighted by Gasteiger charge is -2.33. The van der Waals surface area contributed by atoms with Crippen LogP contribution in [-0.2, 0) is 14.4 Å². The molecular formula is C10H17N3O3S. The van der Waals surface area contributed by atoms with E-state index in [0.29, 0.717) is 6.42 Å². The van der Waals surface area contributed by atoms with E-state index >= 15 is 0 Å². The molecule has 1 saturated heterocycles. The van der Waals surface area contributed by atoms with Crippen molar-refractivity contribution in [1.29, 1.82) is 0 Å². The van der Waals surface area contributed by atoms with Crippen molar-refractivity contribution in [1.82, 2.24) is 10.2 Å². The number of nitrogens with zero attached hydrogens (tertiary/aromatic N) is 1. The first kappa shape index (κ1) is 14.0. The number of rotatable bonds is 4. The van der Waals surface area contributed by atoms with Gasteiger partial charge in [-0.1, -0.05) is 0 Å². The van der Waals surface area contributed by atoms with Gasteiger partial charge in [0.15, 0.2) is 0 Å². The van der Waals surface area contributed by atoms with Gasteiger partial charge in [-0.2, -0.15) is 11.8 Å². The van der Waals surface area contributed by atoms with Gasteiger partial charge < -0.3 is 10.6 Å². The highest BCUT2D eigenvalue weighted by Crippen LogP contribution is 2.09. The first-order chi connectivity index (χ1) is 7.97. The van der Waals surface area contributed by atoms with Gasteiger partial charge in [0, 0.05) is 0 Å². The summed E-state index contributed by atoms with van der Waals surface area (Å²) in [5.74, 6) is -0.477. The molecule has 0 radical (unpaired) electrons. The average Bonchev–Trinajstić information content (AvgIpc) is 2.29. The van der Waals surface area contributed by atoms with Crippen LogP contribution < -0.4 is 11.1 Å². The summed E-state index contributed by atoms with van der Waals surface area (Å²) in [4.78, 5) is 35.8. The smallest absolute Gasteiger partial charge is 0.249 e. The lowest BCUT2D eigenvalue weighted by atomic mass is 10.1. The second-order valence-electron chi connectivity index (χ2n) is 3.94. The van der Waals surface area contributed by atoms with Gasteiger partial charge in [0.1, 0.15) is 12.6 Å². The summed E-state index contributed by atoms with van der Waals surface area (Å²) in [6.07, 6.45) is 2.47. The first-order valence-electron chi connectivity index (χ1n) is 5.36. The van der Waals surface area contributed by atoms with Gasteiger partial charge in [-0.05, 0) is 25.4 Å². The molecule has 3 amide bonds. The van der Waals surface area contributed by atoms with Gasteiger partial charge >= 0.3 is 0 Å². The fourth-order valence-electron chi connectivity index (χ4n) is 1.56. The Bertz CT molecular complexity index is 335. The second-order valence-corrected chi connectivity index (χ2v) is 4.93. The van der Waals surface area contributed by atoms with Crippen LogP contribution in [0.5, 0.6) is 0 Å². The molecule has 0 aromatic carbocycles. The highest BCUT2D eigenvalue weighted by molar-refractivity contribution is 7.98. The Balaban J connectivity index is 2.66. The fraction of sp³-hybridized carbons (Fsp3) is 0.700. The predicted octanol–water partition coefficient (Wildman–Crippen LogP) is -1.06. The Morgan fingerprint density at radius 3 is 2.88 bits per heavy atom. The number of imide groups is 1. The van der Waals surface area contributed by atoms with Crippen LogP contribution in [0.15, 0.2) is 0 Å². The lowest BCUT2D eigenvalue weighted by molar-refractivity contribution is -0.150. The number of amides is 3. The van der Waals surface area contributed by atoms with E-state index < -0.39 is 23.9 Å². The third-order valence-electron chi connectivity index (χ3n) is 2.66. The molecule has 1 fully saturated rings. The topological polar surface area (TPSA) is 92.5 Å². The van der Waals surface area contributed by atoms with Crippen LogP contribution in [0.1, 0.15) is 13.3 Å². The van der Waals surface area contributed by atoms with Crippen LogP contribution in [0.2, 0.25) is 0 Å². The molecule has 0 spiro atoms. The number of thioether (sulfide) groups is 1. The average molecular weight is 259 g/mol. The minimum atomic E-state index is -0.649. The van der Waals surface area contributed by atoms with Gasteiger partial charge in [-0.15, -0.1) is 0 Å². The maximum Gasteiger partial charge on any atom is 0.249 e. The van der Waals surface area contributed by atoms with Gasteiger partial charge in [-0.3, -0.25) is 19.7 Å². The number of hydrogen-bond acceptors (Lipinski definition) is 5. The maximum atomic E-state index is 12.0. The van der Waals surface area contributed by atoms with Crippen LogP contribution >= 0.6 is 11.8 Å². The van der Waals surface area contributed by atoms with Gasteiger partial charge in [0.05, 0.1) is 6.04 Å². The van der Waals surface area contributed by atoms with E-state index in [0.717, 1.165) is 5.75 Å². The highest BCUT2D eigenvalue weighted by Gasteiger charge is 2.35. The van der Waals surface area contributed by atoms with Crippen molar-refractivity contribution in [3.63, 3.8) is 0 Å². The maximum absolute atomic E-state index is 12.0. The summed E-state index contributed by atoms with van der Waals surface area (Å²) in [6.45, 7) is 1.49. The van der Waals surface area contributed by atoms with E-state index in [9.17, 15) is 14.4 Å². The molecule has 0 bridgehead atoms. The Hall–Kier alpha value is -1.08. The number of nitrogens with one attached hydrogen (secondary N) is 1. The molecular weight excluding hydrogens is 242 g/mol. The zero-order valence-corrected chi connectivity index (χ0v) is 10.8. The number of carbonyl (C=O) groups excluding carboxylic acids is 3. The van der Waals surface area contributed by atoms with Crippen molar-refractivity contribution < 1.29 is 14.4 Å². The van der Waals surface area contributed by atoms with Crippen molar-refractivity contribution in [2.45, 2.75) is 25.4 Å².